The molecule has 1 aliphatic heterocycles. The van der Waals surface area contributed by atoms with Gasteiger partial charge in [0.1, 0.15) is 0 Å². The number of nitrogens with zero attached hydrogens (tertiary/aromatic N) is 1. The van der Waals surface area contributed by atoms with Crippen molar-refractivity contribution in [1.82, 2.24) is 9.62 Å². The predicted octanol–water partition coefficient (Wildman–Crippen LogP) is 4.13. The second kappa shape index (κ2) is 10.3. The Morgan fingerprint density at radius 1 is 1.06 bits per heavy atom. The van der Waals surface area contributed by atoms with Crippen molar-refractivity contribution in [2.24, 2.45) is 0 Å². The molecule has 3 rings (SSSR count). The largest absolute Gasteiger partial charge is 0.416 e. The zero-order valence-electron chi connectivity index (χ0n) is 18.0. The molecular weight excluding hydrogens is 441 g/mol. The number of hydrogen-bond donors (Lipinski definition) is 2. The molecule has 2 unspecified atom stereocenters. The Hall–Kier alpha value is -1.94. The molecule has 0 saturated carbocycles. The van der Waals surface area contributed by atoms with Gasteiger partial charge in [0.2, 0.25) is 10.0 Å². The lowest BCUT2D eigenvalue weighted by molar-refractivity contribution is -0.137. The van der Waals surface area contributed by atoms with E-state index in [1.807, 2.05) is 6.92 Å². The Labute approximate surface area is 187 Å². The molecule has 1 aliphatic rings. The number of aliphatic hydroxyl groups excluding tert-OH is 1. The Morgan fingerprint density at radius 3 is 2.34 bits per heavy atom. The van der Waals surface area contributed by atoms with Gasteiger partial charge in [0, 0.05) is 25.7 Å². The third-order valence-electron chi connectivity index (χ3n) is 5.68. The lowest BCUT2D eigenvalue weighted by Crippen LogP contribution is -2.35. The fourth-order valence-corrected chi connectivity index (χ4v) is 5.35. The van der Waals surface area contributed by atoms with Crippen molar-refractivity contribution in [3.8, 4) is 0 Å². The van der Waals surface area contributed by atoms with Crippen LogP contribution < -0.4 is 5.32 Å². The second-order valence-corrected chi connectivity index (χ2v) is 10.2. The van der Waals surface area contributed by atoms with Gasteiger partial charge in [-0.25, -0.2) is 8.42 Å². The zero-order chi connectivity index (χ0) is 23.4. The normalized spacial score (nSPS) is 17.8. The summed E-state index contributed by atoms with van der Waals surface area (Å²) < 4.78 is 65.6. The number of benzene rings is 2. The van der Waals surface area contributed by atoms with E-state index in [0.29, 0.717) is 19.5 Å². The molecule has 0 amide bonds. The average molecular weight is 471 g/mol. The third-order valence-corrected chi connectivity index (χ3v) is 7.59. The molecule has 9 heteroatoms. The summed E-state index contributed by atoms with van der Waals surface area (Å²) in [6.45, 7) is 3.11. The summed E-state index contributed by atoms with van der Waals surface area (Å²) in [4.78, 5) is 0.281. The molecule has 0 bridgehead atoms. The van der Waals surface area contributed by atoms with Gasteiger partial charge in [-0.3, -0.25) is 0 Å². The van der Waals surface area contributed by atoms with Crippen molar-refractivity contribution < 1.29 is 26.7 Å². The minimum atomic E-state index is -4.45. The number of rotatable bonds is 8. The highest BCUT2D eigenvalue weighted by Gasteiger charge is 2.31. The van der Waals surface area contributed by atoms with Crippen LogP contribution in [0.4, 0.5) is 13.2 Å². The summed E-state index contributed by atoms with van der Waals surface area (Å²) in [7, 11) is -3.47. The molecule has 0 aromatic heterocycles. The maximum atomic E-state index is 12.9. The van der Waals surface area contributed by atoms with Gasteiger partial charge in [0.15, 0.2) is 0 Å². The fraction of sp³-hybridized carbons (Fsp3) is 0.478. The monoisotopic (exact) mass is 470 g/mol. The molecule has 2 aromatic carbocycles. The lowest BCUT2D eigenvalue weighted by Gasteiger charge is -2.26. The smallest absolute Gasteiger partial charge is 0.387 e. The van der Waals surface area contributed by atoms with Crippen LogP contribution in [0.2, 0.25) is 0 Å². The van der Waals surface area contributed by atoms with Gasteiger partial charge in [-0.15, -0.1) is 0 Å². The third kappa shape index (κ3) is 6.31. The van der Waals surface area contributed by atoms with Crippen LogP contribution in [0.15, 0.2) is 53.4 Å². The molecule has 0 spiro atoms. The van der Waals surface area contributed by atoms with Gasteiger partial charge in [-0.2, -0.15) is 17.5 Å². The number of nitrogens with one attached hydrogen (secondary N) is 1. The van der Waals surface area contributed by atoms with Gasteiger partial charge < -0.3 is 10.4 Å². The number of halogens is 3. The zero-order valence-corrected chi connectivity index (χ0v) is 18.8. The van der Waals surface area contributed by atoms with E-state index in [-0.39, 0.29) is 23.0 Å². The van der Waals surface area contributed by atoms with Crippen LogP contribution in [-0.4, -0.2) is 43.5 Å². The van der Waals surface area contributed by atoms with Crippen LogP contribution >= 0.6 is 0 Å². The SMILES string of the molecule is CC(Cc1ccc(S(=O)(=O)N2CCCCC2)cc1)NCC(O)c1cccc(C(F)(F)F)c1. The maximum Gasteiger partial charge on any atom is 0.416 e. The van der Waals surface area contributed by atoms with Crippen molar-refractivity contribution in [3.05, 3.63) is 65.2 Å². The van der Waals surface area contributed by atoms with Crippen LogP contribution in [0.3, 0.4) is 0 Å². The summed E-state index contributed by atoms with van der Waals surface area (Å²) in [5.41, 5.74) is 0.338. The van der Waals surface area contributed by atoms with Gasteiger partial charge in [-0.1, -0.05) is 30.7 Å². The maximum absolute atomic E-state index is 12.9. The topological polar surface area (TPSA) is 69.6 Å². The Balaban J connectivity index is 1.54. The minimum Gasteiger partial charge on any atom is -0.387 e. The highest BCUT2D eigenvalue weighted by molar-refractivity contribution is 7.89. The highest BCUT2D eigenvalue weighted by Crippen LogP contribution is 2.30. The second-order valence-electron chi connectivity index (χ2n) is 8.26. The molecule has 1 heterocycles. The Bertz CT molecular complexity index is 988. The van der Waals surface area contributed by atoms with Crippen LogP contribution in [0, 0.1) is 0 Å². The first-order valence-electron chi connectivity index (χ1n) is 10.7. The average Bonchev–Trinajstić information content (AvgIpc) is 2.78. The van der Waals surface area contributed by atoms with E-state index < -0.39 is 27.9 Å². The van der Waals surface area contributed by atoms with E-state index in [1.165, 1.54) is 16.4 Å². The quantitative estimate of drug-likeness (QED) is 0.609. The van der Waals surface area contributed by atoms with Crippen LogP contribution in [0.1, 0.15) is 49.0 Å². The molecule has 1 fully saturated rings. The first-order valence-corrected chi connectivity index (χ1v) is 12.2. The number of piperidine rings is 1. The molecule has 2 aromatic rings. The summed E-state index contributed by atoms with van der Waals surface area (Å²) in [6, 6.07) is 11.4. The summed E-state index contributed by atoms with van der Waals surface area (Å²) in [6.07, 6.45) is -2.13. The van der Waals surface area contributed by atoms with Crippen molar-refractivity contribution in [2.75, 3.05) is 19.6 Å². The van der Waals surface area contributed by atoms with Crippen molar-refractivity contribution in [1.29, 1.82) is 0 Å². The van der Waals surface area contributed by atoms with Crippen LogP contribution in [-0.2, 0) is 22.6 Å². The fourth-order valence-electron chi connectivity index (χ4n) is 3.83. The van der Waals surface area contributed by atoms with E-state index in [9.17, 15) is 26.7 Å². The standard InChI is InChI=1S/C23H29F3N2O3S/c1-17(27-16-22(29)19-6-5-7-20(15-19)23(24,25)26)14-18-8-10-21(11-9-18)32(30,31)28-12-3-2-4-13-28/h5-11,15,17,22,27,29H,2-4,12-14,16H2,1H3. The first-order chi connectivity index (χ1) is 15.1. The summed E-state index contributed by atoms with van der Waals surface area (Å²) >= 11 is 0. The van der Waals surface area contributed by atoms with Crippen molar-refractivity contribution in [3.63, 3.8) is 0 Å². The number of aliphatic hydroxyl groups is 1. The molecule has 5 nitrogen and oxygen atoms in total. The number of alkyl halides is 3. The molecule has 176 valence electrons. The van der Waals surface area contributed by atoms with E-state index in [2.05, 4.69) is 5.32 Å². The molecular formula is C23H29F3N2O3S. The molecule has 0 radical (unpaired) electrons. The van der Waals surface area contributed by atoms with E-state index in [4.69, 9.17) is 0 Å². The number of hydrogen-bond acceptors (Lipinski definition) is 4. The van der Waals surface area contributed by atoms with Crippen LogP contribution in [0.25, 0.3) is 0 Å². The Morgan fingerprint density at radius 2 is 1.72 bits per heavy atom. The lowest BCUT2D eigenvalue weighted by atomic mass is 10.0. The first kappa shape index (κ1) is 24.7. The van der Waals surface area contributed by atoms with Crippen molar-refractivity contribution in [2.45, 2.75) is 55.8 Å². The minimum absolute atomic E-state index is 0.0694. The van der Waals surface area contributed by atoms with Gasteiger partial charge in [0.25, 0.3) is 0 Å². The summed E-state index contributed by atoms with van der Waals surface area (Å²) in [5.74, 6) is 0. The highest BCUT2D eigenvalue weighted by atomic mass is 32.2. The predicted molar refractivity (Wildman–Crippen MR) is 117 cm³/mol. The van der Waals surface area contributed by atoms with E-state index in [1.54, 1.807) is 24.3 Å². The van der Waals surface area contributed by atoms with Gasteiger partial charge in [0.05, 0.1) is 16.6 Å². The summed E-state index contributed by atoms with van der Waals surface area (Å²) in [5, 5.41) is 13.4. The Kier molecular flexibility index (Phi) is 7.97. The van der Waals surface area contributed by atoms with Crippen molar-refractivity contribution >= 4 is 10.0 Å². The number of sulfonamides is 1. The van der Waals surface area contributed by atoms with Gasteiger partial charge >= 0.3 is 6.18 Å². The molecule has 2 N–H and O–H groups in total. The molecule has 2 atom stereocenters. The molecule has 32 heavy (non-hydrogen) atoms. The molecule has 0 aliphatic carbocycles. The molecule has 1 saturated heterocycles. The van der Waals surface area contributed by atoms with E-state index in [0.717, 1.165) is 37.0 Å². The van der Waals surface area contributed by atoms with E-state index >= 15 is 0 Å². The van der Waals surface area contributed by atoms with Gasteiger partial charge in [-0.05, 0) is 61.6 Å². The van der Waals surface area contributed by atoms with Crippen LogP contribution in [0.5, 0.6) is 0 Å².